The normalized spacial score (nSPS) is 12.3. The molecule has 0 bridgehead atoms. The van der Waals surface area contributed by atoms with Gasteiger partial charge in [0.2, 0.25) is 0 Å². The average molecular weight is 477 g/mol. The zero-order chi connectivity index (χ0) is 24.9. The molecule has 3 aromatic rings. The molecule has 3 amide bonds. The third-order valence-electron chi connectivity index (χ3n) is 5.54. The largest absolute Gasteiger partial charge is 0.495 e. The Morgan fingerprint density at radius 2 is 1.89 bits per heavy atom. The van der Waals surface area contributed by atoms with Crippen LogP contribution in [-0.4, -0.2) is 47.4 Å². The molecule has 0 radical (unpaired) electrons. The van der Waals surface area contributed by atoms with Crippen LogP contribution in [0.3, 0.4) is 0 Å². The number of benzene rings is 2. The Bertz CT molecular complexity index is 1300. The Morgan fingerprint density at radius 3 is 2.63 bits per heavy atom. The summed E-state index contributed by atoms with van der Waals surface area (Å²) in [4.78, 5) is 41.0. The summed E-state index contributed by atoms with van der Waals surface area (Å²) in [6.45, 7) is 0.811. The van der Waals surface area contributed by atoms with Gasteiger partial charge in [0.25, 0.3) is 11.6 Å². The number of carbonyl (C=O) groups excluding carboxylic acids is 2. The van der Waals surface area contributed by atoms with Gasteiger partial charge >= 0.3 is 6.03 Å². The first-order chi connectivity index (χ1) is 16.9. The van der Waals surface area contributed by atoms with Crippen LogP contribution >= 0.6 is 0 Å². The van der Waals surface area contributed by atoms with Gasteiger partial charge in [-0.2, -0.15) is 0 Å². The van der Waals surface area contributed by atoms with Crippen LogP contribution in [0.25, 0.3) is 0 Å². The number of rotatable bonds is 6. The fourth-order valence-corrected chi connectivity index (χ4v) is 3.73. The van der Waals surface area contributed by atoms with E-state index in [9.17, 15) is 19.7 Å². The van der Waals surface area contributed by atoms with Gasteiger partial charge in [0, 0.05) is 44.5 Å². The maximum atomic E-state index is 12.9. The number of aromatic nitrogens is 1. The molecule has 0 unspecified atom stereocenters. The molecule has 180 valence electrons. The number of hydrogen-bond acceptors (Lipinski definition) is 7. The summed E-state index contributed by atoms with van der Waals surface area (Å²) in [5, 5.41) is 16.3. The molecule has 1 aliphatic rings. The summed E-state index contributed by atoms with van der Waals surface area (Å²) in [7, 11) is 2.95. The second kappa shape index (κ2) is 10.1. The van der Waals surface area contributed by atoms with E-state index in [1.54, 1.807) is 17.0 Å². The molecular weight excluding hydrogens is 454 g/mol. The van der Waals surface area contributed by atoms with Crippen LogP contribution in [0.15, 0.2) is 54.7 Å². The Morgan fingerprint density at radius 1 is 1.09 bits per heavy atom. The lowest BCUT2D eigenvalue weighted by molar-refractivity contribution is -0.384. The summed E-state index contributed by atoms with van der Waals surface area (Å²) in [6.07, 6.45) is 2.14. The third kappa shape index (κ3) is 5.29. The molecule has 2 aromatic carbocycles. The lowest BCUT2D eigenvalue weighted by Crippen LogP contribution is -2.38. The van der Waals surface area contributed by atoms with E-state index in [0.29, 0.717) is 36.8 Å². The molecule has 0 fully saturated rings. The highest BCUT2D eigenvalue weighted by Gasteiger charge is 2.23. The number of non-ortho nitro benzene ring substituents is 1. The minimum Gasteiger partial charge on any atom is -0.495 e. The van der Waals surface area contributed by atoms with E-state index >= 15 is 0 Å². The highest BCUT2D eigenvalue weighted by Crippen LogP contribution is 2.31. The van der Waals surface area contributed by atoms with Crippen molar-refractivity contribution in [3.05, 3.63) is 81.7 Å². The number of nitrogens with one attached hydrogen (secondary N) is 2. The number of nitro groups is 1. The Labute approximate surface area is 200 Å². The molecule has 2 heterocycles. The fraction of sp³-hybridized carbons (Fsp3) is 0.208. The van der Waals surface area contributed by atoms with Crippen molar-refractivity contribution >= 4 is 23.3 Å². The molecule has 4 rings (SSSR count). The summed E-state index contributed by atoms with van der Waals surface area (Å²) in [6, 6.07) is 12.5. The van der Waals surface area contributed by atoms with Crippen molar-refractivity contribution < 1.29 is 24.0 Å². The molecule has 11 heteroatoms. The number of nitro benzene ring substituents is 1. The highest BCUT2D eigenvalue weighted by atomic mass is 16.6. The van der Waals surface area contributed by atoms with Crippen molar-refractivity contribution in [1.82, 2.24) is 15.2 Å². The molecule has 0 spiro atoms. The summed E-state index contributed by atoms with van der Waals surface area (Å²) in [5.41, 5.74) is 2.31. The summed E-state index contributed by atoms with van der Waals surface area (Å²) >= 11 is 0. The number of fused-ring (bicyclic) bond motifs is 1. The number of urea groups is 1. The smallest absolute Gasteiger partial charge is 0.322 e. The summed E-state index contributed by atoms with van der Waals surface area (Å²) < 4.78 is 11.1. The highest BCUT2D eigenvalue weighted by molar-refractivity contribution is 5.92. The van der Waals surface area contributed by atoms with E-state index in [-0.39, 0.29) is 23.0 Å². The van der Waals surface area contributed by atoms with E-state index in [0.717, 1.165) is 11.1 Å². The molecular formula is C24H23N5O6. The van der Waals surface area contributed by atoms with Crippen LogP contribution in [0.4, 0.5) is 16.2 Å². The molecule has 2 N–H and O–H groups in total. The minimum absolute atomic E-state index is 0.150. The predicted molar refractivity (Wildman–Crippen MR) is 127 cm³/mol. The molecule has 0 atom stereocenters. The van der Waals surface area contributed by atoms with E-state index in [1.165, 1.54) is 38.6 Å². The number of amides is 3. The van der Waals surface area contributed by atoms with E-state index in [4.69, 9.17) is 9.47 Å². The standard InChI is InChI=1S/C24H23N5O6/c1-25-23(30)21-13-19(7-9-26-21)35-18-5-3-15-8-10-28(14-16(15)11-18)24(31)27-20-12-17(29(32)33)4-6-22(20)34-2/h3-7,9,11-13H,8,10,14H2,1-2H3,(H,25,30)(H,27,31). The van der Waals surface area contributed by atoms with Crippen LogP contribution in [0, 0.1) is 10.1 Å². The summed E-state index contributed by atoms with van der Waals surface area (Å²) in [5.74, 6) is 1.02. The van der Waals surface area contributed by atoms with Gasteiger partial charge in [0.05, 0.1) is 17.7 Å². The van der Waals surface area contributed by atoms with Crippen LogP contribution in [0.2, 0.25) is 0 Å². The number of anilines is 1. The van der Waals surface area contributed by atoms with Gasteiger partial charge in [-0.3, -0.25) is 19.9 Å². The number of ether oxygens (including phenoxy) is 2. The monoisotopic (exact) mass is 477 g/mol. The molecule has 0 aliphatic carbocycles. The van der Waals surface area contributed by atoms with Crippen LogP contribution in [-0.2, 0) is 13.0 Å². The average Bonchev–Trinajstić information content (AvgIpc) is 2.87. The quantitative estimate of drug-likeness (QED) is 0.408. The number of carbonyl (C=O) groups is 2. The Hall–Kier alpha value is -4.67. The van der Waals surface area contributed by atoms with Crippen LogP contribution in [0.1, 0.15) is 21.6 Å². The molecule has 11 nitrogen and oxygen atoms in total. The van der Waals surface area contributed by atoms with Gasteiger partial charge in [-0.1, -0.05) is 6.07 Å². The molecule has 1 aliphatic heterocycles. The van der Waals surface area contributed by atoms with Crippen molar-refractivity contribution in [2.24, 2.45) is 0 Å². The van der Waals surface area contributed by atoms with Gasteiger partial charge in [0.1, 0.15) is 22.9 Å². The van der Waals surface area contributed by atoms with E-state index < -0.39 is 11.0 Å². The predicted octanol–water partition coefficient (Wildman–Crippen LogP) is 3.74. The Balaban J connectivity index is 1.49. The number of nitrogens with zero attached hydrogens (tertiary/aromatic N) is 3. The van der Waals surface area contributed by atoms with Gasteiger partial charge < -0.3 is 25.0 Å². The van der Waals surface area contributed by atoms with Crippen molar-refractivity contribution in [2.45, 2.75) is 13.0 Å². The molecule has 0 saturated heterocycles. The second-order valence-corrected chi connectivity index (χ2v) is 7.73. The second-order valence-electron chi connectivity index (χ2n) is 7.73. The van der Waals surface area contributed by atoms with Crippen molar-refractivity contribution in [1.29, 1.82) is 0 Å². The molecule has 35 heavy (non-hydrogen) atoms. The van der Waals surface area contributed by atoms with Gasteiger partial charge in [-0.25, -0.2) is 4.79 Å². The van der Waals surface area contributed by atoms with Crippen LogP contribution in [0.5, 0.6) is 17.2 Å². The van der Waals surface area contributed by atoms with Gasteiger partial charge in [-0.15, -0.1) is 0 Å². The van der Waals surface area contributed by atoms with Gasteiger partial charge in [-0.05, 0) is 41.8 Å². The van der Waals surface area contributed by atoms with Crippen molar-refractivity contribution in [3.63, 3.8) is 0 Å². The van der Waals surface area contributed by atoms with Crippen molar-refractivity contribution in [2.75, 3.05) is 26.0 Å². The molecule has 1 aromatic heterocycles. The number of pyridine rings is 1. The lowest BCUT2D eigenvalue weighted by Gasteiger charge is -2.29. The molecule has 0 saturated carbocycles. The Kier molecular flexibility index (Phi) is 6.76. The van der Waals surface area contributed by atoms with Crippen LogP contribution < -0.4 is 20.1 Å². The number of methoxy groups -OCH3 is 1. The minimum atomic E-state index is -0.534. The fourth-order valence-electron chi connectivity index (χ4n) is 3.73. The van der Waals surface area contributed by atoms with Crippen molar-refractivity contribution in [3.8, 4) is 17.2 Å². The zero-order valence-corrected chi connectivity index (χ0v) is 19.1. The third-order valence-corrected chi connectivity index (χ3v) is 5.54. The van der Waals surface area contributed by atoms with E-state index in [2.05, 4.69) is 15.6 Å². The topological polar surface area (TPSA) is 136 Å². The first-order valence-electron chi connectivity index (χ1n) is 10.7. The zero-order valence-electron chi connectivity index (χ0n) is 19.1. The lowest BCUT2D eigenvalue weighted by atomic mass is 10.00. The SMILES string of the molecule is CNC(=O)c1cc(Oc2ccc3c(c2)CN(C(=O)Nc2cc([N+](=O)[O-])ccc2OC)CC3)ccn1. The van der Waals surface area contributed by atoms with Gasteiger partial charge in [0.15, 0.2) is 0 Å². The first kappa shape index (κ1) is 23.5. The number of hydrogen-bond donors (Lipinski definition) is 2. The van der Waals surface area contributed by atoms with E-state index in [1.807, 2.05) is 18.2 Å². The maximum absolute atomic E-state index is 12.9. The maximum Gasteiger partial charge on any atom is 0.322 e. The first-order valence-corrected chi connectivity index (χ1v) is 10.7.